The maximum Gasteiger partial charge on any atom is 0.346 e. The van der Waals surface area contributed by atoms with Crippen molar-refractivity contribution in [3.8, 4) is 5.75 Å². The Morgan fingerprint density at radius 3 is 2.65 bits per heavy atom. The Balaban J connectivity index is 2.01. The molecule has 0 bridgehead atoms. The van der Waals surface area contributed by atoms with Crippen LogP contribution < -0.4 is 10.4 Å². The molecule has 1 aliphatic carbocycles. The van der Waals surface area contributed by atoms with Gasteiger partial charge in [-0.1, -0.05) is 6.42 Å². The topological polar surface area (TPSA) is 65.7 Å². The normalized spacial score (nSPS) is 15.6. The molecule has 0 fully saturated rings. The van der Waals surface area contributed by atoms with Crippen LogP contribution in [0, 0.1) is 0 Å². The van der Waals surface area contributed by atoms with Crippen molar-refractivity contribution in [2.75, 3.05) is 7.11 Å². The van der Waals surface area contributed by atoms with Gasteiger partial charge in [0.05, 0.1) is 7.11 Å². The third kappa shape index (κ3) is 3.09. The van der Waals surface area contributed by atoms with Crippen molar-refractivity contribution in [3.05, 3.63) is 39.7 Å². The van der Waals surface area contributed by atoms with Crippen molar-refractivity contribution in [1.82, 2.24) is 0 Å². The van der Waals surface area contributed by atoms with E-state index >= 15 is 0 Å². The zero-order valence-electron chi connectivity index (χ0n) is 13.4. The molecule has 0 spiro atoms. The summed E-state index contributed by atoms with van der Waals surface area (Å²) in [6.07, 6.45) is 4.21. The lowest BCUT2D eigenvalue weighted by molar-refractivity contribution is -0.147. The largest absolute Gasteiger partial charge is 0.479 e. The van der Waals surface area contributed by atoms with Gasteiger partial charge in [0.2, 0.25) is 0 Å². The highest BCUT2D eigenvalue weighted by Crippen LogP contribution is 2.29. The number of rotatable bonds is 3. The molecule has 3 rings (SSSR count). The number of hydrogen-bond acceptors (Lipinski definition) is 5. The maximum absolute atomic E-state index is 12.2. The van der Waals surface area contributed by atoms with Gasteiger partial charge in [0, 0.05) is 17.0 Å². The number of esters is 1. The van der Waals surface area contributed by atoms with Gasteiger partial charge in [-0.3, -0.25) is 0 Å². The summed E-state index contributed by atoms with van der Waals surface area (Å²) in [6.45, 7) is 1.61. The van der Waals surface area contributed by atoms with Crippen LogP contribution in [0.3, 0.4) is 0 Å². The molecule has 5 nitrogen and oxygen atoms in total. The van der Waals surface area contributed by atoms with Gasteiger partial charge < -0.3 is 13.9 Å². The Bertz CT molecular complexity index is 790. The second-order valence-electron chi connectivity index (χ2n) is 5.85. The van der Waals surface area contributed by atoms with Crippen LogP contribution in [0.4, 0.5) is 0 Å². The number of ether oxygens (including phenoxy) is 2. The first-order valence-electron chi connectivity index (χ1n) is 7.93. The molecular weight excluding hydrogens is 296 g/mol. The predicted molar refractivity (Wildman–Crippen MR) is 85.8 cm³/mol. The fourth-order valence-corrected chi connectivity index (χ4v) is 3.09. The summed E-state index contributed by atoms with van der Waals surface area (Å²) in [6, 6.07) is 5.37. The van der Waals surface area contributed by atoms with Gasteiger partial charge in [0.15, 0.2) is 6.10 Å². The van der Waals surface area contributed by atoms with Crippen LogP contribution >= 0.6 is 0 Å². The molecule has 1 aromatic carbocycles. The third-order valence-electron chi connectivity index (χ3n) is 4.29. The van der Waals surface area contributed by atoms with Crippen LogP contribution in [-0.4, -0.2) is 19.2 Å². The van der Waals surface area contributed by atoms with Crippen LogP contribution in [0.5, 0.6) is 5.75 Å². The van der Waals surface area contributed by atoms with E-state index < -0.39 is 12.1 Å². The number of benzene rings is 1. The van der Waals surface area contributed by atoms with E-state index in [1.807, 2.05) is 6.07 Å². The van der Waals surface area contributed by atoms with Gasteiger partial charge in [-0.25, -0.2) is 9.59 Å². The van der Waals surface area contributed by atoms with Crippen LogP contribution in [0.2, 0.25) is 0 Å². The molecule has 1 aliphatic rings. The van der Waals surface area contributed by atoms with E-state index in [0.717, 1.165) is 48.6 Å². The van der Waals surface area contributed by atoms with Gasteiger partial charge in [-0.15, -0.1) is 0 Å². The lowest BCUT2D eigenvalue weighted by Crippen LogP contribution is -2.24. The number of carbonyl (C=O) groups excluding carboxylic acids is 1. The summed E-state index contributed by atoms with van der Waals surface area (Å²) < 4.78 is 15.7. The molecule has 1 heterocycles. The van der Waals surface area contributed by atoms with E-state index in [1.165, 1.54) is 7.11 Å². The van der Waals surface area contributed by atoms with Gasteiger partial charge in [0.25, 0.3) is 0 Å². The molecule has 2 aromatic rings. The summed E-state index contributed by atoms with van der Waals surface area (Å²) in [5, 5.41) is 0.958. The molecule has 122 valence electrons. The van der Waals surface area contributed by atoms with Crippen molar-refractivity contribution in [2.45, 2.75) is 45.1 Å². The Hall–Kier alpha value is -2.30. The van der Waals surface area contributed by atoms with Gasteiger partial charge in [-0.05, 0) is 50.3 Å². The first-order valence-corrected chi connectivity index (χ1v) is 7.93. The molecule has 1 aromatic heterocycles. The molecule has 5 heteroatoms. The monoisotopic (exact) mass is 316 g/mol. The molecule has 0 saturated heterocycles. The van der Waals surface area contributed by atoms with Crippen molar-refractivity contribution < 1.29 is 18.7 Å². The summed E-state index contributed by atoms with van der Waals surface area (Å²) >= 11 is 0. The van der Waals surface area contributed by atoms with Gasteiger partial charge in [0.1, 0.15) is 11.3 Å². The Morgan fingerprint density at radius 2 is 1.91 bits per heavy atom. The van der Waals surface area contributed by atoms with Crippen LogP contribution in [-0.2, 0) is 22.4 Å². The summed E-state index contributed by atoms with van der Waals surface area (Å²) in [7, 11) is 1.32. The summed E-state index contributed by atoms with van der Waals surface area (Å²) in [4.78, 5) is 23.7. The number of hydrogen-bond donors (Lipinski definition) is 0. The van der Waals surface area contributed by atoms with E-state index in [1.54, 1.807) is 19.1 Å². The quantitative estimate of drug-likeness (QED) is 0.495. The predicted octanol–water partition coefficient (Wildman–Crippen LogP) is 3.00. The second kappa shape index (κ2) is 6.44. The maximum atomic E-state index is 12.2. The number of methoxy groups -OCH3 is 1. The number of fused-ring (bicyclic) bond motifs is 3. The third-order valence-corrected chi connectivity index (χ3v) is 4.29. The average Bonchev–Trinajstić information content (AvgIpc) is 2.80. The Morgan fingerprint density at radius 1 is 1.17 bits per heavy atom. The summed E-state index contributed by atoms with van der Waals surface area (Å²) in [5.74, 6) is 0.0283. The van der Waals surface area contributed by atoms with E-state index in [4.69, 9.17) is 9.15 Å². The minimum Gasteiger partial charge on any atom is -0.479 e. The summed E-state index contributed by atoms with van der Waals surface area (Å²) in [5.41, 5.74) is 2.16. The smallest absolute Gasteiger partial charge is 0.346 e. The molecule has 0 N–H and O–H groups in total. The van der Waals surface area contributed by atoms with Crippen molar-refractivity contribution in [3.63, 3.8) is 0 Å². The van der Waals surface area contributed by atoms with Crippen molar-refractivity contribution >= 4 is 16.9 Å². The average molecular weight is 316 g/mol. The molecule has 0 aliphatic heterocycles. The molecule has 23 heavy (non-hydrogen) atoms. The molecule has 0 saturated carbocycles. The van der Waals surface area contributed by atoms with E-state index in [-0.39, 0.29) is 5.63 Å². The molecule has 0 radical (unpaired) electrons. The molecular formula is C18H20O5. The number of carbonyl (C=O) groups is 1. The van der Waals surface area contributed by atoms with Crippen LogP contribution in [0.25, 0.3) is 11.0 Å². The lowest BCUT2D eigenvalue weighted by atomic mass is 10.0. The van der Waals surface area contributed by atoms with Crippen molar-refractivity contribution in [2.24, 2.45) is 0 Å². The lowest BCUT2D eigenvalue weighted by Gasteiger charge is -2.13. The number of aryl methyl sites for hydroxylation is 1. The van der Waals surface area contributed by atoms with Crippen molar-refractivity contribution in [1.29, 1.82) is 0 Å². The first-order chi connectivity index (χ1) is 11.1. The van der Waals surface area contributed by atoms with Gasteiger partial charge >= 0.3 is 11.6 Å². The fraction of sp³-hybridized carbons (Fsp3) is 0.444. The molecule has 0 unspecified atom stereocenters. The van der Waals surface area contributed by atoms with E-state index in [2.05, 4.69) is 4.74 Å². The Kier molecular flexibility index (Phi) is 4.37. The van der Waals surface area contributed by atoms with Gasteiger partial charge in [-0.2, -0.15) is 0 Å². The Labute approximate surface area is 134 Å². The fourth-order valence-electron chi connectivity index (χ4n) is 3.09. The zero-order chi connectivity index (χ0) is 16.4. The van der Waals surface area contributed by atoms with E-state index in [0.29, 0.717) is 11.3 Å². The first kappa shape index (κ1) is 15.6. The van der Waals surface area contributed by atoms with E-state index in [9.17, 15) is 9.59 Å². The second-order valence-corrected chi connectivity index (χ2v) is 5.85. The highest BCUT2D eigenvalue weighted by atomic mass is 16.6. The minimum absolute atomic E-state index is 0.257. The SMILES string of the molecule is COC(=O)[C@@H](C)Oc1ccc2c3c(c(=O)oc2c1)CCCCC3. The molecule has 0 amide bonds. The minimum atomic E-state index is -0.718. The standard InChI is InChI=1S/C18H20O5/c1-11(17(19)21-2)22-12-8-9-14-13-6-4-3-5-7-15(13)18(20)23-16(14)10-12/h8-11H,3-7H2,1-2H3/t11-/m1/s1. The van der Waals surface area contributed by atoms with Crippen LogP contribution in [0.1, 0.15) is 37.3 Å². The van der Waals surface area contributed by atoms with Crippen LogP contribution in [0.15, 0.2) is 27.4 Å². The highest BCUT2D eigenvalue weighted by molar-refractivity contribution is 5.83. The zero-order valence-corrected chi connectivity index (χ0v) is 13.4. The molecule has 1 atom stereocenters. The highest BCUT2D eigenvalue weighted by Gasteiger charge is 2.19.